The van der Waals surface area contributed by atoms with Crippen LogP contribution in [0.2, 0.25) is 0 Å². The molecule has 0 aliphatic carbocycles. The molecule has 0 radical (unpaired) electrons. The molecule has 0 aliphatic rings. The maximum atomic E-state index is 11.9. The first-order valence-corrected chi connectivity index (χ1v) is 7.34. The Labute approximate surface area is 131 Å². The molecule has 5 heteroatoms. The smallest absolute Gasteiger partial charge is 0.226 e. The molecule has 1 N–H and O–H groups in total. The van der Waals surface area contributed by atoms with E-state index in [0.717, 1.165) is 21.1 Å². The number of aryl methyl sites for hydroxylation is 2. The van der Waals surface area contributed by atoms with Crippen molar-refractivity contribution in [2.75, 3.05) is 5.32 Å². The van der Waals surface area contributed by atoms with Gasteiger partial charge in [-0.25, -0.2) is 0 Å². The number of hydrogen-bond donors (Lipinski definition) is 1. The van der Waals surface area contributed by atoms with Gasteiger partial charge in [0.1, 0.15) is 0 Å². The zero-order chi connectivity index (χ0) is 14.5. The van der Waals surface area contributed by atoms with Gasteiger partial charge in [-0.05, 0) is 65.4 Å². The summed E-state index contributed by atoms with van der Waals surface area (Å²) in [6.45, 7) is 2.46. The van der Waals surface area contributed by atoms with Gasteiger partial charge in [0.2, 0.25) is 5.91 Å². The second kappa shape index (κ2) is 6.69. The molecule has 0 atom stereocenters. The highest BCUT2D eigenvalue weighted by atomic mass is 127. The Kier molecular flexibility index (Phi) is 4.94. The number of nitrogens with one attached hydrogen (secondary N) is 1. The Bertz CT molecular complexity index is 635. The van der Waals surface area contributed by atoms with E-state index in [1.54, 1.807) is 22.9 Å². The fraction of sp³-hybridized carbons (Fsp3) is 0.200. The molecule has 0 bridgehead atoms. The Morgan fingerprint density at radius 1 is 1.40 bits per heavy atom. The van der Waals surface area contributed by atoms with Crippen LogP contribution in [0.25, 0.3) is 0 Å². The van der Waals surface area contributed by atoms with Crippen LogP contribution in [-0.4, -0.2) is 16.8 Å². The summed E-state index contributed by atoms with van der Waals surface area (Å²) in [6, 6.07) is 9.41. The van der Waals surface area contributed by atoms with Crippen molar-refractivity contribution in [2.45, 2.75) is 19.9 Å². The minimum atomic E-state index is -0.0557. The molecule has 1 heterocycles. The molecule has 1 aromatic carbocycles. The third-order valence-electron chi connectivity index (χ3n) is 3.03. The van der Waals surface area contributed by atoms with Crippen LogP contribution in [0.5, 0.6) is 0 Å². The average Bonchev–Trinajstić information content (AvgIpc) is 2.87. The molecular formula is C15H15IN2O2. The highest BCUT2D eigenvalue weighted by Gasteiger charge is 2.06. The summed E-state index contributed by atoms with van der Waals surface area (Å²) in [5.41, 5.74) is 2.46. The number of hydrogen-bond acceptors (Lipinski definition) is 2. The molecule has 1 aromatic heterocycles. The number of halogens is 1. The van der Waals surface area contributed by atoms with E-state index in [9.17, 15) is 9.59 Å². The summed E-state index contributed by atoms with van der Waals surface area (Å²) in [5.74, 6) is -0.0557. The average molecular weight is 382 g/mol. The normalized spacial score (nSPS) is 10.3. The van der Waals surface area contributed by atoms with Crippen molar-refractivity contribution >= 4 is 40.5 Å². The summed E-state index contributed by atoms with van der Waals surface area (Å²) in [5, 5.41) is 2.89. The molecular weight excluding hydrogens is 367 g/mol. The van der Waals surface area contributed by atoms with E-state index < -0.39 is 0 Å². The monoisotopic (exact) mass is 382 g/mol. The predicted octanol–water partition coefficient (Wildman–Crippen LogP) is 3.24. The molecule has 1 amide bonds. The maximum absolute atomic E-state index is 11.9. The van der Waals surface area contributed by atoms with Crippen molar-refractivity contribution in [3.63, 3.8) is 0 Å². The lowest BCUT2D eigenvalue weighted by Crippen LogP contribution is -2.15. The molecule has 2 aromatic rings. The van der Waals surface area contributed by atoms with Crippen LogP contribution in [-0.2, 0) is 11.3 Å². The number of anilines is 1. The zero-order valence-electron chi connectivity index (χ0n) is 11.1. The summed E-state index contributed by atoms with van der Waals surface area (Å²) < 4.78 is 2.91. The third-order valence-corrected chi connectivity index (χ3v) is 3.70. The predicted molar refractivity (Wildman–Crippen MR) is 87.0 cm³/mol. The van der Waals surface area contributed by atoms with Gasteiger partial charge in [0, 0.05) is 28.4 Å². The van der Waals surface area contributed by atoms with Crippen molar-refractivity contribution in [1.29, 1.82) is 0 Å². The minimum absolute atomic E-state index is 0.0557. The Morgan fingerprint density at radius 3 is 2.90 bits per heavy atom. The highest BCUT2D eigenvalue weighted by molar-refractivity contribution is 14.1. The van der Waals surface area contributed by atoms with E-state index in [-0.39, 0.29) is 5.91 Å². The highest BCUT2D eigenvalue weighted by Crippen LogP contribution is 2.17. The minimum Gasteiger partial charge on any atom is -0.345 e. The van der Waals surface area contributed by atoms with E-state index >= 15 is 0 Å². The van der Waals surface area contributed by atoms with Gasteiger partial charge in [-0.2, -0.15) is 0 Å². The van der Waals surface area contributed by atoms with E-state index in [0.29, 0.717) is 18.7 Å². The van der Waals surface area contributed by atoms with Crippen LogP contribution in [0.1, 0.15) is 22.5 Å². The van der Waals surface area contributed by atoms with Crippen molar-refractivity contribution in [3.05, 3.63) is 51.4 Å². The number of aldehydes is 1. The first kappa shape index (κ1) is 14.8. The molecule has 0 saturated carbocycles. The lowest BCUT2D eigenvalue weighted by molar-refractivity contribution is -0.116. The van der Waals surface area contributed by atoms with Gasteiger partial charge in [0.05, 0.1) is 5.69 Å². The van der Waals surface area contributed by atoms with Crippen LogP contribution in [0, 0.1) is 10.5 Å². The molecule has 0 spiro atoms. The number of carbonyl (C=O) groups is 2. The number of rotatable bonds is 5. The Morgan fingerprint density at radius 2 is 2.20 bits per heavy atom. The molecule has 104 valence electrons. The van der Waals surface area contributed by atoms with Gasteiger partial charge < -0.3 is 9.88 Å². The molecule has 20 heavy (non-hydrogen) atoms. The van der Waals surface area contributed by atoms with Gasteiger partial charge in [0.25, 0.3) is 0 Å². The number of amides is 1. The second-order valence-corrected chi connectivity index (χ2v) is 5.75. The van der Waals surface area contributed by atoms with Crippen molar-refractivity contribution in [2.24, 2.45) is 0 Å². The van der Waals surface area contributed by atoms with Crippen LogP contribution >= 0.6 is 22.6 Å². The Balaban J connectivity index is 1.94. The molecule has 0 fully saturated rings. The Hall–Kier alpha value is -1.63. The van der Waals surface area contributed by atoms with Crippen molar-refractivity contribution in [1.82, 2.24) is 4.57 Å². The quantitative estimate of drug-likeness (QED) is 0.638. The summed E-state index contributed by atoms with van der Waals surface area (Å²) in [6.07, 6.45) is 2.93. The maximum Gasteiger partial charge on any atom is 0.226 e. The van der Waals surface area contributed by atoms with Gasteiger partial charge >= 0.3 is 0 Å². The van der Waals surface area contributed by atoms with Gasteiger partial charge in [-0.15, -0.1) is 0 Å². The van der Waals surface area contributed by atoms with Gasteiger partial charge in [-0.3, -0.25) is 9.59 Å². The number of carbonyl (C=O) groups excluding carboxylic acids is 2. The second-order valence-electron chi connectivity index (χ2n) is 4.50. The molecule has 2 rings (SSSR count). The largest absolute Gasteiger partial charge is 0.345 e. The van der Waals surface area contributed by atoms with Crippen LogP contribution in [0.3, 0.4) is 0 Å². The topological polar surface area (TPSA) is 51.1 Å². The summed E-state index contributed by atoms with van der Waals surface area (Å²) in [7, 11) is 0. The SMILES string of the molecule is Cc1cc(I)ccc1NC(=O)CCn1cccc1C=O. The first-order valence-electron chi connectivity index (χ1n) is 6.26. The number of aromatic nitrogens is 1. The number of benzene rings is 1. The molecule has 0 aliphatic heterocycles. The van der Waals surface area contributed by atoms with Crippen LogP contribution in [0.15, 0.2) is 36.5 Å². The van der Waals surface area contributed by atoms with E-state index in [4.69, 9.17) is 0 Å². The number of nitrogens with zero attached hydrogens (tertiary/aromatic N) is 1. The van der Waals surface area contributed by atoms with Crippen molar-refractivity contribution < 1.29 is 9.59 Å². The fourth-order valence-electron chi connectivity index (χ4n) is 1.94. The lowest BCUT2D eigenvalue weighted by Gasteiger charge is -2.09. The van der Waals surface area contributed by atoms with E-state index in [1.165, 1.54) is 0 Å². The first-order chi connectivity index (χ1) is 9.60. The molecule has 4 nitrogen and oxygen atoms in total. The molecule has 0 unspecified atom stereocenters. The van der Waals surface area contributed by atoms with Crippen LogP contribution in [0.4, 0.5) is 5.69 Å². The van der Waals surface area contributed by atoms with Crippen molar-refractivity contribution in [3.8, 4) is 0 Å². The zero-order valence-corrected chi connectivity index (χ0v) is 13.3. The fourth-order valence-corrected chi connectivity index (χ4v) is 2.59. The molecule has 0 saturated heterocycles. The standard InChI is InChI=1S/C15H15IN2O2/c1-11-9-12(16)4-5-14(11)17-15(20)6-8-18-7-2-3-13(18)10-19/h2-5,7,9-10H,6,8H2,1H3,(H,17,20). The lowest BCUT2D eigenvalue weighted by atomic mass is 10.2. The van der Waals surface area contributed by atoms with Gasteiger partial charge in [0.15, 0.2) is 6.29 Å². The van der Waals surface area contributed by atoms with Gasteiger partial charge in [-0.1, -0.05) is 0 Å². The van der Waals surface area contributed by atoms with E-state index in [1.807, 2.05) is 25.1 Å². The summed E-state index contributed by atoms with van der Waals surface area (Å²) >= 11 is 2.24. The third kappa shape index (κ3) is 3.69. The summed E-state index contributed by atoms with van der Waals surface area (Å²) in [4.78, 5) is 22.7. The van der Waals surface area contributed by atoms with Crippen LogP contribution < -0.4 is 5.32 Å². The van der Waals surface area contributed by atoms with E-state index in [2.05, 4.69) is 27.9 Å².